The van der Waals surface area contributed by atoms with E-state index in [1.807, 2.05) is 26.0 Å². The molecule has 0 bridgehead atoms. The molecule has 5 nitrogen and oxygen atoms in total. The molecule has 0 saturated carbocycles. The molecule has 1 amide bonds. The van der Waals surface area contributed by atoms with Crippen LogP contribution in [-0.4, -0.2) is 23.0 Å². The van der Waals surface area contributed by atoms with Crippen molar-refractivity contribution in [2.24, 2.45) is 0 Å². The van der Waals surface area contributed by atoms with E-state index >= 15 is 0 Å². The number of carbonyl (C=O) groups excluding carboxylic acids is 1. The molecule has 0 radical (unpaired) electrons. The molecule has 112 valence electrons. The van der Waals surface area contributed by atoms with Crippen molar-refractivity contribution in [1.82, 2.24) is 5.32 Å². The van der Waals surface area contributed by atoms with Crippen LogP contribution in [0, 0.1) is 6.92 Å². The Morgan fingerprint density at radius 2 is 2.10 bits per heavy atom. The van der Waals surface area contributed by atoms with Gasteiger partial charge < -0.3 is 14.8 Å². The number of nitrogens with one attached hydrogen (secondary N) is 1. The van der Waals surface area contributed by atoms with Gasteiger partial charge in [-0.1, -0.05) is 31.4 Å². The SMILES string of the molecule is CCCC[C@H](NC(=O)c1cc2cc(C)ccc2o1)C(=O)O. The summed E-state index contributed by atoms with van der Waals surface area (Å²) in [7, 11) is 0. The largest absolute Gasteiger partial charge is 0.480 e. The topological polar surface area (TPSA) is 79.5 Å². The normalized spacial score (nSPS) is 12.3. The molecule has 0 spiro atoms. The van der Waals surface area contributed by atoms with Crippen LogP contribution in [0.3, 0.4) is 0 Å². The van der Waals surface area contributed by atoms with Crippen LogP contribution < -0.4 is 5.32 Å². The number of hydrogen-bond donors (Lipinski definition) is 2. The van der Waals surface area contributed by atoms with E-state index < -0.39 is 17.9 Å². The van der Waals surface area contributed by atoms with E-state index in [1.54, 1.807) is 12.1 Å². The quantitative estimate of drug-likeness (QED) is 0.856. The highest BCUT2D eigenvalue weighted by molar-refractivity contribution is 5.98. The molecule has 21 heavy (non-hydrogen) atoms. The number of benzene rings is 1. The number of fused-ring (bicyclic) bond motifs is 1. The zero-order chi connectivity index (χ0) is 15.4. The number of hydrogen-bond acceptors (Lipinski definition) is 3. The summed E-state index contributed by atoms with van der Waals surface area (Å²) in [4.78, 5) is 23.3. The van der Waals surface area contributed by atoms with E-state index in [0.29, 0.717) is 12.0 Å². The van der Waals surface area contributed by atoms with Gasteiger partial charge in [-0.05, 0) is 31.5 Å². The molecule has 1 aromatic carbocycles. The second-order valence-corrected chi connectivity index (χ2v) is 5.16. The minimum absolute atomic E-state index is 0.137. The number of amides is 1. The number of aryl methyl sites for hydroxylation is 1. The molecule has 2 rings (SSSR count). The number of furan rings is 1. The molecule has 0 unspecified atom stereocenters. The van der Waals surface area contributed by atoms with Crippen LogP contribution in [0.5, 0.6) is 0 Å². The van der Waals surface area contributed by atoms with Crippen LogP contribution in [-0.2, 0) is 4.79 Å². The Hall–Kier alpha value is -2.30. The van der Waals surface area contributed by atoms with Crippen LogP contribution in [0.2, 0.25) is 0 Å². The fraction of sp³-hybridized carbons (Fsp3) is 0.375. The summed E-state index contributed by atoms with van der Waals surface area (Å²) in [6, 6.07) is 6.37. The molecule has 2 N–H and O–H groups in total. The Balaban J connectivity index is 2.15. The molecule has 0 fully saturated rings. The minimum Gasteiger partial charge on any atom is -0.480 e. The summed E-state index contributed by atoms with van der Waals surface area (Å²) >= 11 is 0. The highest BCUT2D eigenvalue weighted by Gasteiger charge is 2.22. The first-order chi connectivity index (χ1) is 10.0. The average Bonchev–Trinajstić information content (AvgIpc) is 2.85. The van der Waals surface area contributed by atoms with E-state index in [-0.39, 0.29) is 5.76 Å². The molecule has 1 aromatic heterocycles. The van der Waals surface area contributed by atoms with Crippen LogP contribution in [0.25, 0.3) is 11.0 Å². The average molecular weight is 289 g/mol. The summed E-state index contributed by atoms with van der Waals surface area (Å²) in [5.41, 5.74) is 1.69. The van der Waals surface area contributed by atoms with Crippen molar-refractivity contribution in [3.05, 3.63) is 35.6 Å². The molecule has 1 heterocycles. The maximum Gasteiger partial charge on any atom is 0.326 e. The van der Waals surface area contributed by atoms with Gasteiger partial charge in [0.25, 0.3) is 5.91 Å². The summed E-state index contributed by atoms with van der Waals surface area (Å²) in [6.45, 7) is 3.93. The molecular weight excluding hydrogens is 270 g/mol. The van der Waals surface area contributed by atoms with Crippen LogP contribution >= 0.6 is 0 Å². The first kappa shape index (κ1) is 15.1. The van der Waals surface area contributed by atoms with Crippen molar-refractivity contribution < 1.29 is 19.1 Å². The minimum atomic E-state index is -1.02. The lowest BCUT2D eigenvalue weighted by molar-refractivity contribution is -0.139. The first-order valence-electron chi connectivity index (χ1n) is 7.05. The summed E-state index contributed by atoms with van der Waals surface area (Å²) < 4.78 is 5.46. The van der Waals surface area contributed by atoms with Crippen molar-refractivity contribution in [3.63, 3.8) is 0 Å². The van der Waals surface area contributed by atoms with E-state index in [2.05, 4.69) is 5.32 Å². The molecule has 0 aliphatic rings. The summed E-state index contributed by atoms with van der Waals surface area (Å²) in [6.07, 6.45) is 2.04. The Labute approximate surface area is 122 Å². The van der Waals surface area contributed by atoms with Gasteiger partial charge in [-0.2, -0.15) is 0 Å². The molecule has 1 atom stereocenters. The van der Waals surface area contributed by atoms with Crippen molar-refractivity contribution in [1.29, 1.82) is 0 Å². The van der Waals surface area contributed by atoms with Gasteiger partial charge in [-0.3, -0.25) is 4.79 Å². The molecule has 0 aliphatic heterocycles. The second kappa shape index (κ2) is 6.43. The van der Waals surface area contributed by atoms with Gasteiger partial charge in [0.05, 0.1) is 0 Å². The lowest BCUT2D eigenvalue weighted by Gasteiger charge is -2.12. The molecule has 0 aliphatic carbocycles. The second-order valence-electron chi connectivity index (χ2n) is 5.16. The van der Waals surface area contributed by atoms with Gasteiger partial charge in [-0.15, -0.1) is 0 Å². The van der Waals surface area contributed by atoms with Gasteiger partial charge in [0.15, 0.2) is 5.76 Å². The van der Waals surface area contributed by atoms with Crippen LogP contribution in [0.4, 0.5) is 0 Å². The Morgan fingerprint density at radius 3 is 2.76 bits per heavy atom. The van der Waals surface area contributed by atoms with Crippen LogP contribution in [0.15, 0.2) is 28.7 Å². The maximum absolute atomic E-state index is 12.1. The summed E-state index contributed by atoms with van der Waals surface area (Å²) in [5.74, 6) is -1.38. The van der Waals surface area contributed by atoms with Crippen molar-refractivity contribution in [2.45, 2.75) is 39.2 Å². The third-order valence-corrected chi connectivity index (χ3v) is 3.35. The standard InChI is InChI=1S/C16H19NO4/c1-3-4-5-12(16(19)20)17-15(18)14-9-11-8-10(2)6-7-13(11)21-14/h6-9,12H,3-5H2,1-2H3,(H,17,18)(H,19,20)/t12-/m0/s1. The zero-order valence-electron chi connectivity index (χ0n) is 12.2. The highest BCUT2D eigenvalue weighted by Crippen LogP contribution is 2.20. The van der Waals surface area contributed by atoms with Crippen LogP contribution in [0.1, 0.15) is 42.3 Å². The predicted molar refractivity (Wildman–Crippen MR) is 79.4 cm³/mol. The molecule has 0 saturated heterocycles. The lowest BCUT2D eigenvalue weighted by Crippen LogP contribution is -2.40. The Bertz CT molecular complexity index is 659. The smallest absolute Gasteiger partial charge is 0.326 e. The fourth-order valence-corrected chi connectivity index (χ4v) is 2.17. The number of carboxylic acids is 1. The van der Waals surface area contributed by atoms with Gasteiger partial charge in [0, 0.05) is 5.39 Å². The summed E-state index contributed by atoms with van der Waals surface area (Å²) in [5, 5.41) is 12.5. The van der Waals surface area contributed by atoms with Crippen molar-refractivity contribution >= 4 is 22.8 Å². The maximum atomic E-state index is 12.1. The lowest BCUT2D eigenvalue weighted by atomic mass is 10.1. The van der Waals surface area contributed by atoms with E-state index in [4.69, 9.17) is 9.52 Å². The molecule has 5 heteroatoms. The number of unbranched alkanes of at least 4 members (excludes halogenated alkanes) is 1. The third-order valence-electron chi connectivity index (χ3n) is 3.35. The third kappa shape index (κ3) is 3.62. The zero-order valence-corrected chi connectivity index (χ0v) is 12.2. The van der Waals surface area contributed by atoms with E-state index in [1.165, 1.54) is 0 Å². The highest BCUT2D eigenvalue weighted by atomic mass is 16.4. The Morgan fingerprint density at radius 1 is 1.33 bits per heavy atom. The van der Waals surface area contributed by atoms with Gasteiger partial charge in [0.1, 0.15) is 11.6 Å². The predicted octanol–water partition coefficient (Wildman–Crippen LogP) is 3.11. The fourth-order valence-electron chi connectivity index (χ4n) is 2.17. The monoisotopic (exact) mass is 289 g/mol. The molecule has 2 aromatic rings. The number of rotatable bonds is 6. The molecular formula is C16H19NO4. The van der Waals surface area contributed by atoms with Gasteiger partial charge in [0.2, 0.25) is 0 Å². The van der Waals surface area contributed by atoms with Crippen molar-refractivity contribution in [2.75, 3.05) is 0 Å². The van der Waals surface area contributed by atoms with Gasteiger partial charge >= 0.3 is 5.97 Å². The number of carboxylic acid groups (broad SMARTS) is 1. The van der Waals surface area contributed by atoms with Crippen molar-refractivity contribution in [3.8, 4) is 0 Å². The Kier molecular flexibility index (Phi) is 4.62. The number of carbonyl (C=O) groups is 2. The first-order valence-corrected chi connectivity index (χ1v) is 7.05. The number of aliphatic carboxylic acids is 1. The van der Waals surface area contributed by atoms with Gasteiger partial charge in [-0.25, -0.2) is 4.79 Å². The van der Waals surface area contributed by atoms with E-state index in [0.717, 1.165) is 23.8 Å². The van der Waals surface area contributed by atoms with E-state index in [9.17, 15) is 9.59 Å².